The predicted molar refractivity (Wildman–Crippen MR) is 137 cm³/mol. The molecule has 3 N–H and O–H groups in total. The Balaban J connectivity index is 1.64. The Hall–Kier alpha value is -3.25. The van der Waals surface area contributed by atoms with E-state index in [2.05, 4.69) is 5.16 Å². The lowest BCUT2D eigenvalue weighted by Crippen LogP contribution is -2.23. The molecule has 2 fully saturated rings. The Morgan fingerprint density at radius 1 is 1.33 bits per heavy atom. The van der Waals surface area contributed by atoms with Gasteiger partial charge in [0.05, 0.1) is 23.5 Å². The molecule has 1 saturated heterocycles. The number of aliphatic carboxylic acids is 1. The van der Waals surface area contributed by atoms with Gasteiger partial charge in [-0.25, -0.2) is 4.39 Å². The van der Waals surface area contributed by atoms with Crippen LogP contribution in [0.5, 0.6) is 0 Å². The minimum Gasteiger partial charge on any atom is -0.481 e. The van der Waals surface area contributed by atoms with Crippen LogP contribution in [0.4, 0.5) is 10.1 Å². The second kappa shape index (κ2) is 9.66. The van der Waals surface area contributed by atoms with Gasteiger partial charge in [-0.2, -0.15) is 0 Å². The number of pyridine rings is 1. The number of hydrogen-bond acceptors (Lipinski definition) is 8. The summed E-state index contributed by atoms with van der Waals surface area (Å²) in [4.78, 5) is 44.8. The normalized spacial score (nSPS) is 19.1. The van der Waals surface area contributed by atoms with Gasteiger partial charge in [0.1, 0.15) is 23.1 Å². The average Bonchev–Trinajstić information content (AvgIpc) is 3.51. The standard InChI is InChI=1S/C24H28FN5O5S/c1-35-27-17-12-28(11-13(17)6-7-26)19-10-18-15(9-16(19)25)22(33)21-23(34)29(8-2-3-20(31)32)36-24(21)30(18)14-4-5-14/h9-10,13-14H,2-8,11-12,26H2,1H3,(H,31,32). The van der Waals surface area contributed by atoms with Gasteiger partial charge in [-0.05, 0) is 55.9 Å². The third-order valence-corrected chi connectivity index (χ3v) is 8.00. The highest BCUT2D eigenvalue weighted by molar-refractivity contribution is 7.13. The molecule has 1 unspecified atom stereocenters. The number of hydrogen-bond donors (Lipinski definition) is 2. The van der Waals surface area contributed by atoms with Crippen molar-refractivity contribution < 1.29 is 19.1 Å². The molecule has 10 nitrogen and oxygen atoms in total. The summed E-state index contributed by atoms with van der Waals surface area (Å²) in [6.07, 6.45) is 2.71. The maximum Gasteiger partial charge on any atom is 0.303 e. The Morgan fingerprint density at radius 2 is 2.11 bits per heavy atom. The number of rotatable bonds is 9. The van der Waals surface area contributed by atoms with Gasteiger partial charge in [-0.15, -0.1) is 0 Å². The number of oxime groups is 1. The highest BCUT2D eigenvalue weighted by atomic mass is 32.1. The maximum atomic E-state index is 15.5. The third kappa shape index (κ3) is 4.28. The molecule has 2 aliphatic rings. The van der Waals surface area contributed by atoms with E-state index >= 15 is 4.39 Å². The lowest BCUT2D eigenvalue weighted by Gasteiger charge is -2.21. The second-order valence-electron chi connectivity index (χ2n) is 9.35. The zero-order valence-corrected chi connectivity index (χ0v) is 20.7. The summed E-state index contributed by atoms with van der Waals surface area (Å²) in [6, 6.07) is 3.06. The molecule has 0 bridgehead atoms. The van der Waals surface area contributed by atoms with Gasteiger partial charge in [0.25, 0.3) is 5.56 Å². The van der Waals surface area contributed by atoms with Crippen molar-refractivity contribution in [3.8, 4) is 0 Å². The molecule has 1 aromatic carbocycles. The molecule has 1 saturated carbocycles. The fourth-order valence-corrected chi connectivity index (χ4v) is 6.23. The number of carbonyl (C=O) groups is 1. The first-order valence-corrected chi connectivity index (χ1v) is 12.8. The van der Waals surface area contributed by atoms with E-state index in [0.29, 0.717) is 42.1 Å². The summed E-state index contributed by atoms with van der Waals surface area (Å²) in [5, 5.41) is 13.3. The average molecular weight is 518 g/mol. The Morgan fingerprint density at radius 3 is 2.78 bits per heavy atom. The van der Waals surface area contributed by atoms with Crippen molar-refractivity contribution in [3.05, 3.63) is 38.5 Å². The molecular formula is C24H28FN5O5S. The molecule has 2 aromatic heterocycles. The summed E-state index contributed by atoms with van der Waals surface area (Å²) < 4.78 is 18.9. The first kappa shape index (κ1) is 24.4. The Bertz CT molecular complexity index is 1490. The number of aryl methyl sites for hydroxylation is 1. The van der Waals surface area contributed by atoms with Gasteiger partial charge in [-0.3, -0.25) is 18.3 Å². The minimum atomic E-state index is -0.940. The van der Waals surface area contributed by atoms with Crippen molar-refractivity contribution in [1.29, 1.82) is 0 Å². The largest absolute Gasteiger partial charge is 0.481 e. The molecule has 3 heterocycles. The minimum absolute atomic E-state index is 0.0422. The van der Waals surface area contributed by atoms with Crippen molar-refractivity contribution in [2.24, 2.45) is 16.8 Å². The van der Waals surface area contributed by atoms with Crippen LogP contribution >= 0.6 is 11.5 Å². The number of carboxylic acids is 1. The molecule has 1 aliphatic heterocycles. The summed E-state index contributed by atoms with van der Waals surface area (Å²) in [6.45, 7) is 1.61. The van der Waals surface area contributed by atoms with Crippen molar-refractivity contribution in [3.63, 3.8) is 0 Å². The summed E-state index contributed by atoms with van der Waals surface area (Å²) in [5.74, 6) is -1.43. The molecule has 1 aliphatic carbocycles. The molecule has 0 spiro atoms. The zero-order valence-electron chi connectivity index (χ0n) is 19.9. The number of nitrogens with two attached hydrogens (primary N) is 1. The number of anilines is 1. The number of nitrogens with zero attached hydrogens (tertiary/aromatic N) is 4. The quantitative estimate of drug-likeness (QED) is 0.417. The lowest BCUT2D eigenvalue weighted by atomic mass is 10.0. The monoisotopic (exact) mass is 517 g/mol. The second-order valence-corrected chi connectivity index (χ2v) is 10.4. The smallest absolute Gasteiger partial charge is 0.303 e. The van der Waals surface area contributed by atoms with E-state index < -0.39 is 22.8 Å². The highest BCUT2D eigenvalue weighted by Gasteiger charge is 2.33. The molecule has 0 amide bonds. The zero-order chi connectivity index (χ0) is 25.6. The first-order chi connectivity index (χ1) is 17.3. The van der Waals surface area contributed by atoms with E-state index in [1.165, 1.54) is 28.7 Å². The van der Waals surface area contributed by atoms with Crippen LogP contribution in [0.1, 0.15) is 38.1 Å². The van der Waals surface area contributed by atoms with Crippen LogP contribution in [-0.4, -0.2) is 52.1 Å². The summed E-state index contributed by atoms with van der Waals surface area (Å²) in [7, 11) is 1.48. The molecule has 0 radical (unpaired) electrons. The van der Waals surface area contributed by atoms with Gasteiger partial charge in [0.15, 0.2) is 0 Å². The van der Waals surface area contributed by atoms with Crippen molar-refractivity contribution in [1.82, 2.24) is 8.52 Å². The van der Waals surface area contributed by atoms with E-state index in [4.69, 9.17) is 15.7 Å². The molecule has 12 heteroatoms. The van der Waals surface area contributed by atoms with E-state index in [1.807, 2.05) is 9.47 Å². The molecule has 192 valence electrons. The maximum absolute atomic E-state index is 15.5. The lowest BCUT2D eigenvalue weighted by molar-refractivity contribution is -0.137. The van der Waals surface area contributed by atoms with Crippen LogP contribution in [0.2, 0.25) is 0 Å². The summed E-state index contributed by atoms with van der Waals surface area (Å²) in [5.41, 5.74) is 6.58. The van der Waals surface area contributed by atoms with Gasteiger partial charge in [0.2, 0.25) is 5.43 Å². The number of fused-ring (bicyclic) bond motifs is 2. The van der Waals surface area contributed by atoms with E-state index in [1.54, 1.807) is 6.07 Å². The van der Waals surface area contributed by atoms with Gasteiger partial charge >= 0.3 is 5.97 Å². The molecule has 5 rings (SSSR count). The topological polar surface area (TPSA) is 132 Å². The summed E-state index contributed by atoms with van der Waals surface area (Å²) >= 11 is 1.17. The molecular weight excluding hydrogens is 489 g/mol. The van der Waals surface area contributed by atoms with E-state index in [0.717, 1.165) is 18.6 Å². The Kier molecular flexibility index (Phi) is 6.56. The van der Waals surface area contributed by atoms with E-state index in [-0.39, 0.29) is 42.1 Å². The van der Waals surface area contributed by atoms with Crippen molar-refractivity contribution in [2.45, 2.75) is 44.7 Å². The van der Waals surface area contributed by atoms with Crippen molar-refractivity contribution >= 4 is 50.0 Å². The van der Waals surface area contributed by atoms with Gasteiger partial charge in [0, 0.05) is 36.9 Å². The van der Waals surface area contributed by atoms with Crippen LogP contribution in [0.25, 0.3) is 21.1 Å². The fraction of sp³-hybridized carbons (Fsp3) is 0.500. The number of halogens is 1. The van der Waals surface area contributed by atoms with Crippen molar-refractivity contribution in [2.75, 3.05) is 31.6 Å². The molecule has 3 aromatic rings. The SMILES string of the molecule is CON=C1CN(c2cc3c(cc2F)c(=O)c2c(=O)n(CCCC(=O)O)sc2n3C2CC2)CC1CCN. The molecule has 1 atom stereocenters. The number of aromatic nitrogens is 2. The highest BCUT2D eigenvalue weighted by Crippen LogP contribution is 2.41. The van der Waals surface area contributed by atoms with Crippen LogP contribution in [0, 0.1) is 11.7 Å². The fourth-order valence-electron chi connectivity index (χ4n) is 5.02. The number of carboxylic acid groups (broad SMARTS) is 1. The van der Waals surface area contributed by atoms with Gasteiger partial charge in [-0.1, -0.05) is 5.16 Å². The Labute approximate surface area is 209 Å². The van der Waals surface area contributed by atoms with Crippen LogP contribution < -0.4 is 21.6 Å². The number of benzene rings is 1. The third-order valence-electron chi connectivity index (χ3n) is 6.86. The van der Waals surface area contributed by atoms with Crippen LogP contribution in [0.3, 0.4) is 0 Å². The van der Waals surface area contributed by atoms with E-state index in [9.17, 15) is 14.4 Å². The first-order valence-electron chi connectivity index (χ1n) is 12.0. The predicted octanol–water partition coefficient (Wildman–Crippen LogP) is 2.50. The van der Waals surface area contributed by atoms with Crippen LogP contribution in [-0.2, 0) is 16.2 Å². The molecule has 36 heavy (non-hydrogen) atoms. The van der Waals surface area contributed by atoms with Gasteiger partial charge < -0.3 is 25.1 Å². The van der Waals surface area contributed by atoms with Crippen LogP contribution in [0.15, 0.2) is 26.9 Å².